The van der Waals surface area contributed by atoms with E-state index in [0.29, 0.717) is 50.8 Å². The van der Waals surface area contributed by atoms with Gasteiger partial charge in [0.25, 0.3) is 0 Å². The molecule has 1 unspecified atom stereocenters. The summed E-state index contributed by atoms with van der Waals surface area (Å²) in [6, 6.07) is 6.86. The molecule has 61 heavy (non-hydrogen) atoms. The summed E-state index contributed by atoms with van der Waals surface area (Å²) in [5.74, 6) is 1.22. The van der Waals surface area contributed by atoms with Gasteiger partial charge < -0.3 is 29.7 Å². The summed E-state index contributed by atoms with van der Waals surface area (Å²) in [7, 11) is -0.918. The predicted octanol–water partition coefficient (Wildman–Crippen LogP) is 9.03. The molecule has 4 fully saturated rings. The average Bonchev–Trinajstić information content (AvgIpc) is 3.87. The van der Waals surface area contributed by atoms with Crippen molar-refractivity contribution >= 4 is 41.6 Å². The van der Waals surface area contributed by atoms with Crippen LogP contribution in [0.15, 0.2) is 30.3 Å². The van der Waals surface area contributed by atoms with E-state index < -0.39 is 48.3 Å². The number of aromatic nitrogens is 2. The number of amides is 2. The normalized spacial score (nSPS) is 23.0. The molecule has 1 aromatic heterocycles. The Morgan fingerprint density at radius 1 is 0.967 bits per heavy atom. The fourth-order valence-electron chi connectivity index (χ4n) is 11.0. The Morgan fingerprint density at radius 2 is 1.72 bits per heavy atom. The summed E-state index contributed by atoms with van der Waals surface area (Å²) in [5, 5.41) is 6.72. The van der Waals surface area contributed by atoms with E-state index in [1.165, 1.54) is 25.3 Å². The standard InChI is InChI=1S/C46H56F4N6O4Si/c1-27(2)61(28(3)4,29(5)6)17-12-33-36(48)11-10-30-18-32(60-26-58-7)19-34(38(30)33)39-37(49)20-35-41(40(39)50)52-44(59-25-46-14-9-16-56(46)22-31(47)21-46)53-42(35)55-15-8-13-45(24-55)23-51-43(57)54-45/h10-11,18-20,27-29,31H,8-9,13-16,21-26H2,1-7H3,(H2,51,54,57)/t31-,45?,46+/m1/s1. The fraction of sp³-hybridized carbons (Fsp3) is 0.543. The number of fused-ring (bicyclic) bond motifs is 3. The third-order valence-corrected chi connectivity index (χ3v) is 20.1. The lowest BCUT2D eigenvalue weighted by Gasteiger charge is -2.40. The van der Waals surface area contributed by atoms with E-state index in [-0.39, 0.29) is 81.0 Å². The average molecular weight is 861 g/mol. The lowest BCUT2D eigenvalue weighted by atomic mass is 9.89. The summed E-state index contributed by atoms with van der Waals surface area (Å²) >= 11 is 0. The Labute approximate surface area is 356 Å². The van der Waals surface area contributed by atoms with E-state index in [1.807, 2.05) is 4.90 Å². The summed E-state index contributed by atoms with van der Waals surface area (Å²) in [6.45, 7) is 15.2. The monoisotopic (exact) mass is 860 g/mol. The van der Waals surface area contributed by atoms with Gasteiger partial charge in [0.15, 0.2) is 12.6 Å². The smallest absolute Gasteiger partial charge is 0.319 e. The first-order chi connectivity index (χ1) is 29.1. The van der Waals surface area contributed by atoms with Gasteiger partial charge >= 0.3 is 12.0 Å². The van der Waals surface area contributed by atoms with Crippen molar-refractivity contribution in [1.82, 2.24) is 25.5 Å². The minimum Gasteiger partial charge on any atom is -0.468 e. The maximum absolute atomic E-state index is 17.8. The van der Waals surface area contributed by atoms with E-state index in [1.54, 1.807) is 12.1 Å². The Balaban J connectivity index is 1.34. The molecule has 0 radical (unpaired) electrons. The van der Waals surface area contributed by atoms with Gasteiger partial charge in [0, 0.05) is 56.0 Å². The topological polar surface area (TPSA) is 101 Å². The second-order valence-electron chi connectivity index (χ2n) is 18.4. The van der Waals surface area contributed by atoms with Gasteiger partial charge in [-0.15, -0.1) is 5.54 Å². The molecule has 2 amide bonds. The van der Waals surface area contributed by atoms with Gasteiger partial charge in [-0.05, 0) is 78.5 Å². The van der Waals surface area contributed by atoms with E-state index in [9.17, 15) is 9.18 Å². The Kier molecular flexibility index (Phi) is 11.7. The second kappa shape index (κ2) is 16.6. The van der Waals surface area contributed by atoms with Gasteiger partial charge in [-0.2, -0.15) is 9.97 Å². The highest BCUT2D eigenvalue weighted by atomic mass is 28.3. The number of anilines is 1. The first-order valence-electron chi connectivity index (χ1n) is 21.5. The molecule has 4 aromatic rings. The fourth-order valence-corrected chi connectivity index (χ4v) is 16.3. The van der Waals surface area contributed by atoms with Gasteiger partial charge in [-0.3, -0.25) is 4.90 Å². The molecule has 15 heteroatoms. The van der Waals surface area contributed by atoms with Gasteiger partial charge in [0.05, 0.1) is 22.2 Å². The number of carbonyl (C=O) groups excluding carboxylic acids is 1. The van der Waals surface area contributed by atoms with Crippen LogP contribution in [0.5, 0.6) is 11.8 Å². The number of alkyl halides is 1. The molecule has 0 saturated carbocycles. The molecule has 0 aliphatic carbocycles. The zero-order chi connectivity index (χ0) is 43.4. The zero-order valence-electron chi connectivity index (χ0n) is 36.1. The van der Waals surface area contributed by atoms with Crippen molar-refractivity contribution in [2.45, 2.75) is 108 Å². The van der Waals surface area contributed by atoms with E-state index >= 15 is 13.2 Å². The second-order valence-corrected chi connectivity index (χ2v) is 24.0. The molecule has 4 aliphatic heterocycles. The highest BCUT2D eigenvalue weighted by molar-refractivity contribution is 6.90. The summed E-state index contributed by atoms with van der Waals surface area (Å²) in [6.07, 6.45) is 2.34. The molecule has 4 aliphatic rings. The lowest BCUT2D eigenvalue weighted by Crippen LogP contribution is -2.56. The van der Waals surface area contributed by atoms with Crippen LogP contribution in [0.25, 0.3) is 32.8 Å². The van der Waals surface area contributed by atoms with E-state index in [2.05, 4.69) is 73.5 Å². The molecule has 1 spiro atoms. The molecule has 2 N–H and O–H groups in total. The summed E-state index contributed by atoms with van der Waals surface area (Å²) in [4.78, 5) is 25.8. The van der Waals surface area contributed by atoms with Gasteiger partial charge in [0.1, 0.15) is 49.6 Å². The van der Waals surface area contributed by atoms with Crippen molar-refractivity contribution < 1.29 is 36.6 Å². The number of rotatable bonds is 11. The van der Waals surface area contributed by atoms with Crippen LogP contribution in [0.2, 0.25) is 16.6 Å². The number of piperidine rings is 1. The summed E-state index contributed by atoms with van der Waals surface area (Å²) in [5.41, 5.74) is 2.66. The van der Waals surface area contributed by atoms with Crippen LogP contribution in [0.1, 0.15) is 79.2 Å². The minimum absolute atomic E-state index is 0.0370. The highest BCUT2D eigenvalue weighted by Gasteiger charge is 2.50. The molecule has 10 nitrogen and oxygen atoms in total. The number of urea groups is 1. The first kappa shape index (κ1) is 43.0. The third-order valence-electron chi connectivity index (χ3n) is 13.8. The number of methoxy groups -OCH3 is 1. The Hall–Kier alpha value is -4.65. The molecule has 4 saturated heterocycles. The number of ether oxygens (including phenoxy) is 3. The molecular weight excluding hydrogens is 805 g/mol. The maximum Gasteiger partial charge on any atom is 0.319 e. The zero-order valence-corrected chi connectivity index (χ0v) is 37.1. The number of nitrogens with one attached hydrogen (secondary N) is 2. The number of hydrogen-bond donors (Lipinski definition) is 2. The molecule has 8 rings (SSSR count). The van der Waals surface area contributed by atoms with Crippen LogP contribution < -0.4 is 25.0 Å². The van der Waals surface area contributed by atoms with Crippen molar-refractivity contribution in [2.24, 2.45) is 0 Å². The van der Waals surface area contributed by atoms with Gasteiger partial charge in [-0.1, -0.05) is 53.5 Å². The van der Waals surface area contributed by atoms with Crippen LogP contribution in [-0.4, -0.2) is 99.5 Å². The largest absolute Gasteiger partial charge is 0.468 e. The minimum atomic E-state index is -2.38. The van der Waals surface area contributed by atoms with Crippen molar-refractivity contribution in [3.05, 3.63) is 53.3 Å². The number of benzene rings is 3. The Bertz CT molecular complexity index is 2400. The van der Waals surface area contributed by atoms with Crippen LogP contribution >= 0.6 is 0 Å². The Morgan fingerprint density at radius 3 is 2.43 bits per heavy atom. The summed E-state index contributed by atoms with van der Waals surface area (Å²) < 4.78 is 83.5. The third kappa shape index (κ3) is 7.67. The number of carbonyl (C=O) groups is 1. The maximum atomic E-state index is 17.8. The molecule has 326 valence electrons. The van der Waals surface area contributed by atoms with Crippen LogP contribution in [0.3, 0.4) is 0 Å². The first-order valence-corrected chi connectivity index (χ1v) is 23.8. The number of halogens is 4. The van der Waals surface area contributed by atoms with E-state index in [4.69, 9.17) is 19.2 Å². The van der Waals surface area contributed by atoms with Crippen LogP contribution in [-0.2, 0) is 4.74 Å². The number of nitrogens with zero attached hydrogens (tertiary/aromatic N) is 4. The van der Waals surface area contributed by atoms with Gasteiger partial charge in [-0.25, -0.2) is 22.4 Å². The van der Waals surface area contributed by atoms with Crippen LogP contribution in [0.4, 0.5) is 28.2 Å². The van der Waals surface area contributed by atoms with Crippen molar-refractivity contribution in [3.63, 3.8) is 0 Å². The van der Waals surface area contributed by atoms with Crippen molar-refractivity contribution in [3.8, 4) is 34.4 Å². The van der Waals surface area contributed by atoms with E-state index in [0.717, 1.165) is 19.4 Å². The quantitative estimate of drug-likeness (QED) is 0.0668. The molecule has 3 atom stereocenters. The SMILES string of the molecule is COCOc1cc(-c2c(F)cc3c(N4CCCC5(CNC(=O)N5)C4)nc(OC[C@@]45CCCN4C[C@H](F)C5)nc3c2F)c2c(C#C[Si](C(C)C)(C(C)C)C(C)C)c(F)ccc2c1. The predicted molar refractivity (Wildman–Crippen MR) is 232 cm³/mol. The molecule has 0 bridgehead atoms. The molecule has 3 aromatic carbocycles. The van der Waals surface area contributed by atoms with Crippen LogP contribution in [0, 0.1) is 28.9 Å². The molecule has 5 heterocycles. The van der Waals surface area contributed by atoms with Crippen molar-refractivity contribution in [2.75, 3.05) is 58.1 Å². The lowest BCUT2D eigenvalue weighted by molar-refractivity contribution is 0.0512. The van der Waals surface area contributed by atoms with Crippen molar-refractivity contribution in [1.29, 1.82) is 0 Å². The molecular formula is C46H56F4N6O4Si. The highest BCUT2D eigenvalue weighted by Crippen LogP contribution is 2.45. The van der Waals surface area contributed by atoms with Gasteiger partial charge in [0.2, 0.25) is 0 Å². The number of hydrogen-bond acceptors (Lipinski definition) is 8.